The Labute approximate surface area is 220 Å². The molecule has 8 heteroatoms. The van der Waals surface area contributed by atoms with Crippen LogP contribution in [0.3, 0.4) is 0 Å². The first-order chi connectivity index (χ1) is 16.9. The molecule has 0 atom stereocenters. The highest BCUT2D eigenvalue weighted by atomic mass is 35.5. The third kappa shape index (κ3) is 6.88. The van der Waals surface area contributed by atoms with E-state index < -0.39 is 0 Å². The smallest absolute Gasteiger partial charge is 0.169 e. The number of rotatable bonds is 9. The maximum Gasteiger partial charge on any atom is 0.169 e. The van der Waals surface area contributed by atoms with Gasteiger partial charge >= 0.3 is 0 Å². The molecule has 5 nitrogen and oxygen atoms in total. The molecule has 0 saturated carbocycles. The van der Waals surface area contributed by atoms with Gasteiger partial charge in [0.05, 0.1) is 23.6 Å². The van der Waals surface area contributed by atoms with Crippen LogP contribution in [0.15, 0.2) is 71.1 Å². The minimum Gasteiger partial charge on any atom is -0.344 e. The van der Waals surface area contributed by atoms with Crippen molar-refractivity contribution < 1.29 is 0 Å². The standard InChI is InChI=1S/C27H27Cl2N5S/c1-4-21(28)10-11-25-19(3)31-26(33-25)16-34-15-24(14-20-8-9-22(29)13-18(20)2)32-27(34)35-17-23-7-5-6-12-30-23/h4-13,15H,14,16-17H2,1-3H3,(H,31,33)/b11-10-,21-4+. The molecule has 1 N–H and O–H groups in total. The molecular weight excluding hydrogens is 497 g/mol. The van der Waals surface area contributed by atoms with Crippen LogP contribution in [0, 0.1) is 13.8 Å². The fourth-order valence-electron chi connectivity index (χ4n) is 3.63. The Hall–Kier alpha value is -2.80. The number of hydrogen-bond acceptors (Lipinski definition) is 4. The van der Waals surface area contributed by atoms with Crippen LogP contribution in [0.25, 0.3) is 6.08 Å². The van der Waals surface area contributed by atoms with Gasteiger partial charge in [0.2, 0.25) is 0 Å². The van der Waals surface area contributed by atoms with Crippen molar-refractivity contribution in [3.05, 3.63) is 111 Å². The van der Waals surface area contributed by atoms with Crippen LogP contribution in [-0.4, -0.2) is 24.5 Å². The number of nitrogens with zero attached hydrogens (tertiary/aromatic N) is 4. The molecule has 35 heavy (non-hydrogen) atoms. The van der Waals surface area contributed by atoms with Gasteiger partial charge in [-0.3, -0.25) is 4.98 Å². The lowest BCUT2D eigenvalue weighted by atomic mass is 10.0. The second kappa shape index (κ2) is 11.8. The van der Waals surface area contributed by atoms with Crippen LogP contribution in [0.1, 0.15) is 46.7 Å². The Balaban J connectivity index is 1.59. The lowest BCUT2D eigenvalue weighted by Gasteiger charge is -2.05. The van der Waals surface area contributed by atoms with E-state index in [2.05, 4.69) is 33.7 Å². The Bertz CT molecular complexity index is 1360. The number of halogens is 2. The van der Waals surface area contributed by atoms with E-state index >= 15 is 0 Å². The highest BCUT2D eigenvalue weighted by molar-refractivity contribution is 7.98. The van der Waals surface area contributed by atoms with Crippen LogP contribution < -0.4 is 0 Å². The van der Waals surface area contributed by atoms with Gasteiger partial charge in [-0.15, -0.1) is 0 Å². The molecule has 180 valence electrons. The van der Waals surface area contributed by atoms with E-state index in [1.54, 1.807) is 11.8 Å². The molecule has 3 heterocycles. The fourth-order valence-corrected chi connectivity index (χ4v) is 4.83. The van der Waals surface area contributed by atoms with Crippen LogP contribution >= 0.6 is 35.0 Å². The van der Waals surface area contributed by atoms with Gasteiger partial charge in [0.25, 0.3) is 0 Å². The van der Waals surface area contributed by atoms with E-state index in [1.807, 2.05) is 68.6 Å². The molecular formula is C27H27Cl2N5S. The topological polar surface area (TPSA) is 59.4 Å². The summed E-state index contributed by atoms with van der Waals surface area (Å²) in [4.78, 5) is 17.6. The monoisotopic (exact) mass is 523 g/mol. The fraction of sp³-hybridized carbons (Fsp3) is 0.222. The van der Waals surface area contributed by atoms with E-state index in [1.165, 1.54) is 5.56 Å². The Kier molecular flexibility index (Phi) is 8.50. The summed E-state index contributed by atoms with van der Waals surface area (Å²) in [7, 11) is 0. The zero-order valence-corrected chi connectivity index (χ0v) is 22.3. The zero-order chi connectivity index (χ0) is 24.8. The van der Waals surface area contributed by atoms with Crippen LogP contribution in [-0.2, 0) is 18.7 Å². The largest absolute Gasteiger partial charge is 0.344 e. The van der Waals surface area contributed by atoms with Crippen molar-refractivity contribution in [1.29, 1.82) is 0 Å². The number of aryl methyl sites for hydroxylation is 2. The highest BCUT2D eigenvalue weighted by Gasteiger charge is 2.14. The minimum atomic E-state index is 0.586. The van der Waals surface area contributed by atoms with E-state index in [4.69, 9.17) is 33.2 Å². The van der Waals surface area contributed by atoms with Crippen LogP contribution in [0.5, 0.6) is 0 Å². The van der Waals surface area contributed by atoms with Crippen molar-refractivity contribution in [2.45, 2.75) is 44.6 Å². The Morgan fingerprint density at radius 3 is 2.74 bits per heavy atom. The second-order valence-electron chi connectivity index (χ2n) is 8.20. The molecule has 0 radical (unpaired) electrons. The summed E-state index contributed by atoms with van der Waals surface area (Å²) in [6, 6.07) is 12.0. The van der Waals surface area contributed by atoms with Crippen LogP contribution in [0.4, 0.5) is 0 Å². The number of pyridine rings is 1. The van der Waals surface area contributed by atoms with Crippen molar-refractivity contribution in [2.75, 3.05) is 0 Å². The van der Waals surface area contributed by atoms with Crippen molar-refractivity contribution in [3.8, 4) is 0 Å². The number of imidazole rings is 2. The summed E-state index contributed by atoms with van der Waals surface area (Å²) in [6.07, 6.45) is 10.3. The van der Waals surface area contributed by atoms with E-state index in [0.29, 0.717) is 11.6 Å². The predicted molar refractivity (Wildman–Crippen MR) is 146 cm³/mol. The van der Waals surface area contributed by atoms with Gasteiger partial charge in [0.15, 0.2) is 5.16 Å². The number of aromatic amines is 1. The highest BCUT2D eigenvalue weighted by Crippen LogP contribution is 2.25. The maximum atomic E-state index is 6.15. The number of nitrogens with one attached hydrogen (secondary N) is 1. The molecule has 0 bridgehead atoms. The molecule has 3 aromatic heterocycles. The number of aromatic nitrogens is 5. The van der Waals surface area contributed by atoms with Crippen molar-refractivity contribution in [1.82, 2.24) is 24.5 Å². The molecule has 0 spiro atoms. The number of benzene rings is 1. The molecule has 0 unspecified atom stereocenters. The normalized spacial score (nSPS) is 12.1. The molecule has 4 aromatic rings. The quantitative estimate of drug-likeness (QED) is 0.184. The summed E-state index contributed by atoms with van der Waals surface area (Å²) in [5.41, 5.74) is 6.26. The summed E-state index contributed by atoms with van der Waals surface area (Å²) < 4.78 is 2.15. The molecule has 4 rings (SSSR count). The van der Waals surface area contributed by atoms with E-state index in [0.717, 1.165) is 56.5 Å². The molecule has 0 aliphatic carbocycles. The lowest BCUT2D eigenvalue weighted by Crippen LogP contribution is -2.02. The molecule has 0 aliphatic heterocycles. The third-order valence-corrected chi connectivity index (χ3v) is 7.11. The average molecular weight is 525 g/mol. The maximum absolute atomic E-state index is 6.15. The first-order valence-corrected chi connectivity index (χ1v) is 13.0. The molecule has 0 fully saturated rings. The van der Waals surface area contributed by atoms with E-state index in [9.17, 15) is 0 Å². The molecule has 1 aromatic carbocycles. The first kappa shape index (κ1) is 25.3. The van der Waals surface area contributed by atoms with Gasteiger partial charge in [0, 0.05) is 40.3 Å². The molecule has 0 amide bonds. The zero-order valence-electron chi connectivity index (χ0n) is 19.9. The average Bonchev–Trinajstić information content (AvgIpc) is 3.40. The van der Waals surface area contributed by atoms with Gasteiger partial charge in [0.1, 0.15) is 5.82 Å². The summed E-state index contributed by atoms with van der Waals surface area (Å²) in [5, 5.41) is 2.36. The second-order valence-corrected chi connectivity index (χ2v) is 10.0. The third-order valence-electron chi connectivity index (χ3n) is 5.51. The summed E-state index contributed by atoms with van der Waals surface area (Å²) in [6.45, 7) is 6.58. The summed E-state index contributed by atoms with van der Waals surface area (Å²) >= 11 is 13.9. The summed E-state index contributed by atoms with van der Waals surface area (Å²) in [5.74, 6) is 1.61. The number of thioether (sulfide) groups is 1. The number of H-pyrrole nitrogens is 1. The van der Waals surface area contributed by atoms with Crippen molar-refractivity contribution in [3.63, 3.8) is 0 Å². The Morgan fingerprint density at radius 2 is 2.00 bits per heavy atom. The number of allylic oxidation sites excluding steroid dienone is 3. The van der Waals surface area contributed by atoms with Gasteiger partial charge < -0.3 is 9.55 Å². The van der Waals surface area contributed by atoms with Crippen LogP contribution in [0.2, 0.25) is 5.02 Å². The van der Waals surface area contributed by atoms with Gasteiger partial charge in [-0.1, -0.05) is 53.2 Å². The minimum absolute atomic E-state index is 0.586. The van der Waals surface area contributed by atoms with Crippen molar-refractivity contribution in [2.24, 2.45) is 0 Å². The van der Waals surface area contributed by atoms with Gasteiger partial charge in [-0.05, 0) is 68.3 Å². The number of hydrogen-bond donors (Lipinski definition) is 1. The molecule has 0 aliphatic rings. The molecule has 0 saturated heterocycles. The van der Waals surface area contributed by atoms with E-state index in [-0.39, 0.29) is 0 Å². The van der Waals surface area contributed by atoms with Gasteiger partial charge in [-0.2, -0.15) is 0 Å². The van der Waals surface area contributed by atoms with Crippen molar-refractivity contribution >= 4 is 41.0 Å². The predicted octanol–water partition coefficient (Wildman–Crippen LogP) is 7.36. The first-order valence-electron chi connectivity index (χ1n) is 11.3. The Morgan fingerprint density at radius 1 is 1.14 bits per heavy atom. The lowest BCUT2D eigenvalue weighted by molar-refractivity contribution is 0.680. The van der Waals surface area contributed by atoms with Gasteiger partial charge in [-0.25, -0.2) is 9.97 Å². The SMILES string of the molecule is C/C=C(Cl)\C=C/c1nc(Cn2cc(Cc3ccc(Cl)cc3C)nc2SCc2ccccn2)[nH]c1C.